The van der Waals surface area contributed by atoms with Crippen molar-refractivity contribution in [3.05, 3.63) is 24.6 Å². The Labute approximate surface area is 350 Å². The van der Waals surface area contributed by atoms with Crippen molar-refractivity contribution in [2.24, 2.45) is 16.6 Å². The average molecular weight is 1330 g/mol. The van der Waals surface area contributed by atoms with Crippen LogP contribution in [0.2, 0.25) is 0 Å². The molecule has 6 aliphatic rings. The second-order valence-corrected chi connectivity index (χ2v) is 15.9. The number of fused-ring (bicyclic) bond motifs is 1. The summed E-state index contributed by atoms with van der Waals surface area (Å²) in [4.78, 5) is 64.5. The minimum absolute atomic E-state index is 0. The fourth-order valence-corrected chi connectivity index (χ4v) is 6.57. The number of hydrogen-bond donors (Lipinski definition) is 8. The van der Waals surface area contributed by atoms with Crippen molar-refractivity contribution in [2.75, 3.05) is 13.1 Å². The summed E-state index contributed by atoms with van der Waals surface area (Å²) in [6, 6.07) is 1.56. The number of carboxylic acids is 4. The number of ketones is 2. The molecule has 4 aliphatic carbocycles. The molecule has 4 saturated carbocycles. The Kier molecular flexibility index (Phi) is 33.8. The van der Waals surface area contributed by atoms with Gasteiger partial charge >= 0.3 is 101 Å². The summed E-state index contributed by atoms with van der Waals surface area (Å²) in [7, 11) is 9.75. The minimum atomic E-state index is -1.44. The Balaban J connectivity index is -0.000000184. The molecule has 312 valence electrons. The standard InChI is InChI=1S/C12H18N2O2.2C6H8O4.C5H12N2.2ClH.4H2N.3Pt/c15-8-5-9(16)7-12(6-8)13-10-3-1-2-4-11(10)14-12;2*7-4(8)6(5(9)10)2-1-3-6;6-4-5-2-1-3-7-5;;;;;;;;;/h10-11,13-14H,1-7H2;2*1-3H2,(H,7,8)(H,9,10);5,7H,1-4,6H2;2*1H;4*1H2;;;/q;;;;;;4*-1;2*+2;+4/p-2/t10-,11?;;;5-;;;;;;;;;/m0..0........./s1. The van der Waals surface area contributed by atoms with Crippen LogP contribution in [0.4, 0.5) is 0 Å². The number of aliphatic carboxylic acids is 4. The molecule has 18 nitrogen and oxygen atoms in total. The van der Waals surface area contributed by atoms with Crippen molar-refractivity contribution in [3.8, 4) is 0 Å². The summed E-state index contributed by atoms with van der Waals surface area (Å²) in [5.74, 6) is -4.65. The van der Waals surface area contributed by atoms with Crippen molar-refractivity contribution < 1.29 is 108 Å². The summed E-state index contributed by atoms with van der Waals surface area (Å²) >= 11 is -0.472. The van der Waals surface area contributed by atoms with Gasteiger partial charge in [0.1, 0.15) is 11.6 Å². The van der Waals surface area contributed by atoms with Gasteiger partial charge in [0.25, 0.3) is 0 Å². The number of halogens is 2. The molecule has 0 aromatic rings. The van der Waals surface area contributed by atoms with Gasteiger partial charge in [-0.2, -0.15) is 0 Å². The maximum atomic E-state index is 11.5. The van der Waals surface area contributed by atoms with E-state index >= 15 is 0 Å². The number of carbonyl (C=O) groups excluding carboxylic acids is 2. The molecule has 23 heteroatoms. The second-order valence-electron chi connectivity index (χ2n) is 12.6. The van der Waals surface area contributed by atoms with Crippen molar-refractivity contribution in [3.63, 3.8) is 0 Å². The molecule has 1 spiro atoms. The van der Waals surface area contributed by atoms with E-state index < -0.39 is 56.9 Å². The van der Waals surface area contributed by atoms with Crippen LogP contribution in [-0.4, -0.2) is 92.7 Å². The van der Waals surface area contributed by atoms with E-state index in [2.05, 4.69) is 16.0 Å². The molecule has 6 rings (SSSR count). The third-order valence-corrected chi connectivity index (χ3v) is 9.58. The maximum Gasteiger partial charge on any atom is 2.00 e. The van der Waals surface area contributed by atoms with Crippen LogP contribution < -0.4 is 21.7 Å². The Morgan fingerprint density at radius 1 is 0.673 bits per heavy atom. The quantitative estimate of drug-likeness (QED) is 0.166. The second kappa shape index (κ2) is 28.9. The van der Waals surface area contributed by atoms with Gasteiger partial charge in [0, 0.05) is 37.5 Å². The van der Waals surface area contributed by atoms with Gasteiger partial charge in [-0.1, -0.05) is 12.8 Å². The molecular weight excluding hydrogens is 1280 g/mol. The van der Waals surface area contributed by atoms with Crippen molar-refractivity contribution >= 4 is 54.3 Å². The topological polar surface area (TPSA) is 379 Å². The van der Waals surface area contributed by atoms with Crippen molar-refractivity contribution in [2.45, 2.75) is 120 Å². The fourth-order valence-electron chi connectivity index (χ4n) is 6.57. The average Bonchev–Trinajstić information content (AvgIpc) is 3.54. The zero-order valence-electron chi connectivity index (χ0n) is 28.6. The van der Waals surface area contributed by atoms with Gasteiger partial charge in [0.2, 0.25) is 0 Å². The van der Waals surface area contributed by atoms with Crippen LogP contribution in [-0.2, 0) is 87.4 Å². The normalized spacial score (nSPS) is 24.4. The van der Waals surface area contributed by atoms with Crippen molar-refractivity contribution in [1.29, 1.82) is 0 Å². The van der Waals surface area contributed by atoms with E-state index in [9.17, 15) is 28.8 Å². The van der Waals surface area contributed by atoms with Gasteiger partial charge in [-0.05, 0) is 70.8 Å². The zero-order valence-corrected chi connectivity index (χ0v) is 36.9. The van der Waals surface area contributed by atoms with E-state index in [0.717, 1.165) is 6.54 Å². The van der Waals surface area contributed by atoms with Gasteiger partial charge in [0.15, 0.2) is 10.8 Å². The Bertz CT molecular complexity index is 1020. The Morgan fingerprint density at radius 3 is 1.21 bits per heavy atom. The van der Waals surface area contributed by atoms with Crippen LogP contribution in [0.1, 0.15) is 96.3 Å². The number of carbonyl (C=O) groups is 6. The van der Waals surface area contributed by atoms with Gasteiger partial charge in [-0.25, -0.2) is 0 Å². The largest absolute Gasteiger partial charge is 2.00 e. The predicted octanol–water partition coefficient (Wildman–Crippen LogP) is 5.10. The molecule has 17 N–H and O–H groups in total. The molecule has 0 amide bonds. The van der Waals surface area contributed by atoms with Crippen LogP contribution in [0, 0.1) is 10.8 Å². The molecule has 2 heterocycles. The monoisotopic (exact) mass is 1330 g/mol. The molecule has 6 fully saturated rings. The Morgan fingerprint density at radius 2 is 1.02 bits per heavy atom. The molecule has 0 aromatic heterocycles. The molecular formula is C29H54Cl2N8O10Pt3+2. The van der Waals surface area contributed by atoms with Gasteiger partial charge in [0.05, 0.1) is 12.1 Å². The number of rotatable bonds is 5. The van der Waals surface area contributed by atoms with Crippen LogP contribution in [0.3, 0.4) is 0 Å². The number of hydrogen-bond acceptors (Lipinski definition) is 10. The summed E-state index contributed by atoms with van der Waals surface area (Å²) in [5.41, 5.74) is 2.09. The molecule has 3 atom stereocenters. The van der Waals surface area contributed by atoms with Gasteiger partial charge < -0.3 is 56.1 Å². The van der Waals surface area contributed by atoms with E-state index in [1.807, 2.05) is 0 Å². The van der Waals surface area contributed by atoms with E-state index in [1.165, 1.54) is 45.1 Å². The number of nitrogens with one attached hydrogen (secondary N) is 3. The maximum absolute atomic E-state index is 11.5. The molecule has 0 aromatic carbocycles. The summed E-state index contributed by atoms with van der Waals surface area (Å²) < 4.78 is 0. The van der Waals surface area contributed by atoms with E-state index in [0.29, 0.717) is 43.8 Å². The van der Waals surface area contributed by atoms with Gasteiger partial charge in [-0.15, -0.1) is 0 Å². The number of carboxylic acid groups (broad SMARTS) is 4. The first-order valence-electron chi connectivity index (χ1n) is 15.5. The molecule has 0 bridgehead atoms. The van der Waals surface area contributed by atoms with Crippen LogP contribution in [0.5, 0.6) is 0 Å². The molecule has 2 saturated heterocycles. The van der Waals surface area contributed by atoms with Crippen LogP contribution in [0.25, 0.3) is 24.6 Å². The SMILES string of the molecule is NC[C@@H]1CCCN1.O=C(O)C1(C(=O)O)CCC1.O=C(O)C1(C(=O)O)CCC1.O=C1CC(=O)CC2(C1)NC1CCCC[C@@H]1N2.[Cl][Pt+2][Cl].[NH2-].[NH2-].[NH2-].[NH2-].[Pt+2].[Pt+2]. The van der Waals surface area contributed by atoms with Crippen LogP contribution in [0.15, 0.2) is 0 Å². The first kappa shape index (κ1) is 60.8. The summed E-state index contributed by atoms with van der Waals surface area (Å²) in [5, 5.41) is 44.2. The number of nitrogens with two attached hydrogens (primary N) is 5. The molecule has 52 heavy (non-hydrogen) atoms. The third kappa shape index (κ3) is 16.7. The molecule has 0 radical (unpaired) electrons. The summed E-state index contributed by atoms with van der Waals surface area (Å²) in [6.45, 7) is 1.97. The molecule has 1 unspecified atom stereocenters. The zero-order chi connectivity index (χ0) is 34.5. The minimum Gasteiger partial charge on any atom is -0.693 e. The first-order valence-corrected chi connectivity index (χ1v) is 21.1. The van der Waals surface area contributed by atoms with Gasteiger partial charge in [-0.3, -0.25) is 39.4 Å². The third-order valence-electron chi connectivity index (χ3n) is 9.58. The number of Topliss-reactive ketones (excluding diaryl/α,β-unsaturated/α-hetero) is 2. The van der Waals surface area contributed by atoms with E-state index in [-0.39, 0.29) is 110 Å². The smallest absolute Gasteiger partial charge is 0.693 e. The molecule has 2 aliphatic heterocycles. The van der Waals surface area contributed by atoms with E-state index in [1.54, 1.807) is 0 Å². The summed E-state index contributed by atoms with van der Waals surface area (Å²) in [6.07, 6.45) is 11.0. The van der Waals surface area contributed by atoms with Crippen molar-refractivity contribution in [1.82, 2.24) is 16.0 Å². The van der Waals surface area contributed by atoms with Crippen LogP contribution >= 0.6 is 18.8 Å². The predicted molar refractivity (Wildman–Crippen MR) is 185 cm³/mol. The van der Waals surface area contributed by atoms with E-state index in [4.69, 9.17) is 45.0 Å². The Hall–Kier alpha value is -0.455. The fraction of sp³-hybridized carbons (Fsp3) is 0.793. The first-order chi connectivity index (χ1) is 21.7.